The third-order valence-corrected chi connectivity index (χ3v) is 4.02. The largest absolute Gasteiger partial charge is 0.486 e. The van der Waals surface area contributed by atoms with Gasteiger partial charge in [-0.3, -0.25) is 4.99 Å². The topological polar surface area (TPSA) is 60.1 Å². The Morgan fingerprint density at radius 3 is 3.05 bits per heavy atom. The molecule has 20 heavy (non-hydrogen) atoms. The highest BCUT2D eigenvalue weighted by Crippen LogP contribution is 2.41. The Hall–Kier alpha value is -1.69. The first kappa shape index (κ1) is 13.3. The quantitative estimate of drug-likeness (QED) is 0.858. The van der Waals surface area contributed by atoms with E-state index in [1.54, 1.807) is 0 Å². The smallest absolute Gasteiger partial charge is 0.192 e. The predicted molar refractivity (Wildman–Crippen MR) is 81.3 cm³/mol. The van der Waals surface area contributed by atoms with E-state index in [2.05, 4.69) is 27.5 Å². The van der Waals surface area contributed by atoms with Crippen LogP contribution in [0.25, 0.3) is 0 Å². The van der Waals surface area contributed by atoms with Gasteiger partial charge in [0.15, 0.2) is 17.5 Å². The average Bonchev–Trinajstić information content (AvgIpc) is 2.81. The lowest BCUT2D eigenvalue weighted by molar-refractivity contribution is 0.170. The molecule has 106 valence electrons. The number of rotatable bonds is 3. The van der Waals surface area contributed by atoms with Crippen LogP contribution >= 0.6 is 15.9 Å². The highest BCUT2D eigenvalue weighted by atomic mass is 79.9. The van der Waals surface area contributed by atoms with E-state index < -0.39 is 0 Å². The Bertz CT molecular complexity index is 574. The van der Waals surface area contributed by atoms with Gasteiger partial charge in [0.2, 0.25) is 0 Å². The lowest BCUT2D eigenvalue weighted by Crippen LogP contribution is -2.36. The monoisotopic (exact) mass is 337 g/mol. The van der Waals surface area contributed by atoms with Crippen LogP contribution in [0, 0.1) is 0 Å². The number of aliphatic imine (C=N–C) groups is 1. The maximum atomic E-state index is 5.93. The highest BCUT2D eigenvalue weighted by Gasteiger charge is 2.28. The van der Waals surface area contributed by atoms with Crippen molar-refractivity contribution in [2.45, 2.75) is 6.04 Å². The fourth-order valence-electron chi connectivity index (χ4n) is 2.50. The summed E-state index contributed by atoms with van der Waals surface area (Å²) >= 11 is 3.54. The number of hydrogen-bond donors (Lipinski definition) is 1. The summed E-state index contributed by atoms with van der Waals surface area (Å²) in [6, 6.07) is 4.16. The van der Waals surface area contributed by atoms with E-state index in [-0.39, 0.29) is 6.04 Å². The van der Waals surface area contributed by atoms with Crippen molar-refractivity contribution in [3.05, 3.63) is 34.8 Å². The summed E-state index contributed by atoms with van der Waals surface area (Å²) in [6.07, 6.45) is 1.83. The Morgan fingerprint density at radius 1 is 1.45 bits per heavy atom. The summed E-state index contributed by atoms with van der Waals surface area (Å²) in [7, 11) is 0. The standard InChI is InChI=1S/C14H16BrN3O2/c1-2-3-18-11(8-17-14(18)16)9-6-10(15)13-12(7-9)19-4-5-20-13/h2,6-7,11H,1,3-5,8H2,(H2,16,17). The molecule has 0 fully saturated rings. The normalized spacial score (nSPS) is 20.8. The van der Waals surface area contributed by atoms with Gasteiger partial charge in [0.05, 0.1) is 17.1 Å². The van der Waals surface area contributed by atoms with Crippen molar-refractivity contribution < 1.29 is 9.47 Å². The third-order valence-electron chi connectivity index (χ3n) is 3.43. The van der Waals surface area contributed by atoms with Gasteiger partial charge in [-0.1, -0.05) is 6.08 Å². The Balaban J connectivity index is 1.94. The van der Waals surface area contributed by atoms with Crippen molar-refractivity contribution in [3.63, 3.8) is 0 Å². The molecule has 1 aromatic rings. The first-order chi connectivity index (χ1) is 9.70. The second kappa shape index (κ2) is 5.36. The predicted octanol–water partition coefficient (Wildman–Crippen LogP) is 2.08. The maximum Gasteiger partial charge on any atom is 0.192 e. The van der Waals surface area contributed by atoms with Gasteiger partial charge in [-0.05, 0) is 33.6 Å². The number of ether oxygens (including phenoxy) is 2. The summed E-state index contributed by atoms with van der Waals surface area (Å²) in [6.45, 7) is 6.23. The summed E-state index contributed by atoms with van der Waals surface area (Å²) < 4.78 is 12.2. The number of fused-ring (bicyclic) bond motifs is 1. The van der Waals surface area contributed by atoms with Crippen molar-refractivity contribution in [2.75, 3.05) is 26.3 Å². The SMILES string of the molecule is C=CCN1C(N)=NCC1c1cc(Br)c2c(c1)OCCO2. The lowest BCUT2D eigenvalue weighted by atomic mass is 10.1. The summed E-state index contributed by atoms with van der Waals surface area (Å²) in [5, 5.41) is 0. The van der Waals surface area contributed by atoms with Crippen LogP contribution in [0.3, 0.4) is 0 Å². The molecule has 2 N–H and O–H groups in total. The minimum atomic E-state index is 0.111. The number of nitrogens with two attached hydrogens (primary N) is 1. The molecule has 0 spiro atoms. The summed E-state index contributed by atoms with van der Waals surface area (Å²) in [4.78, 5) is 6.35. The second-order valence-corrected chi connectivity index (χ2v) is 5.54. The van der Waals surface area contributed by atoms with Crippen molar-refractivity contribution in [3.8, 4) is 11.5 Å². The molecule has 0 aromatic heterocycles. The van der Waals surface area contributed by atoms with Gasteiger partial charge in [0.1, 0.15) is 13.2 Å². The number of hydrogen-bond acceptors (Lipinski definition) is 5. The first-order valence-electron chi connectivity index (χ1n) is 6.47. The molecule has 2 heterocycles. The van der Waals surface area contributed by atoms with Crippen LogP contribution in [-0.4, -0.2) is 37.2 Å². The fourth-order valence-corrected chi connectivity index (χ4v) is 3.07. The second-order valence-electron chi connectivity index (χ2n) is 4.68. The van der Waals surface area contributed by atoms with E-state index in [1.807, 2.05) is 23.1 Å². The fraction of sp³-hybridized carbons (Fsp3) is 0.357. The van der Waals surface area contributed by atoms with E-state index in [1.165, 1.54) is 0 Å². The first-order valence-corrected chi connectivity index (χ1v) is 7.26. The van der Waals surface area contributed by atoms with Crippen molar-refractivity contribution >= 4 is 21.9 Å². The molecule has 1 aromatic carbocycles. The minimum absolute atomic E-state index is 0.111. The molecule has 1 unspecified atom stereocenters. The van der Waals surface area contributed by atoms with Gasteiger partial charge in [0.25, 0.3) is 0 Å². The van der Waals surface area contributed by atoms with Gasteiger partial charge in [0, 0.05) is 6.54 Å². The molecule has 0 saturated heterocycles. The number of benzene rings is 1. The van der Waals surface area contributed by atoms with E-state index in [0.717, 1.165) is 21.5 Å². The van der Waals surface area contributed by atoms with E-state index in [0.29, 0.717) is 32.3 Å². The number of nitrogens with zero attached hydrogens (tertiary/aromatic N) is 2. The molecule has 0 saturated carbocycles. The van der Waals surface area contributed by atoms with Crippen molar-refractivity contribution in [1.82, 2.24) is 4.90 Å². The van der Waals surface area contributed by atoms with E-state index >= 15 is 0 Å². The third kappa shape index (κ3) is 2.24. The molecule has 2 aliphatic rings. The molecule has 5 nitrogen and oxygen atoms in total. The summed E-state index contributed by atoms with van der Waals surface area (Å²) in [5.41, 5.74) is 7.03. The number of halogens is 1. The molecule has 0 radical (unpaired) electrons. The molecular formula is C14H16BrN3O2. The van der Waals surface area contributed by atoms with Crippen LogP contribution in [0.15, 0.2) is 34.3 Å². The van der Waals surface area contributed by atoms with Crippen LogP contribution in [0.2, 0.25) is 0 Å². The zero-order chi connectivity index (χ0) is 14.1. The lowest BCUT2D eigenvalue weighted by Gasteiger charge is -2.27. The molecule has 3 rings (SSSR count). The van der Waals surface area contributed by atoms with Crippen molar-refractivity contribution in [2.24, 2.45) is 10.7 Å². The van der Waals surface area contributed by atoms with Gasteiger partial charge in [-0.15, -0.1) is 6.58 Å². The average molecular weight is 338 g/mol. The van der Waals surface area contributed by atoms with E-state index in [9.17, 15) is 0 Å². The number of guanidine groups is 1. The maximum absolute atomic E-state index is 5.93. The van der Waals surface area contributed by atoms with Gasteiger partial charge < -0.3 is 20.1 Å². The van der Waals surface area contributed by atoms with Crippen LogP contribution in [-0.2, 0) is 0 Å². The summed E-state index contributed by atoms with van der Waals surface area (Å²) in [5.74, 6) is 2.09. The molecule has 6 heteroatoms. The molecule has 1 atom stereocenters. The minimum Gasteiger partial charge on any atom is -0.486 e. The zero-order valence-electron chi connectivity index (χ0n) is 11.0. The van der Waals surface area contributed by atoms with Crippen LogP contribution in [0.4, 0.5) is 0 Å². The van der Waals surface area contributed by atoms with Crippen molar-refractivity contribution in [1.29, 1.82) is 0 Å². The van der Waals surface area contributed by atoms with Gasteiger partial charge in [-0.2, -0.15) is 0 Å². The molecule has 0 aliphatic carbocycles. The molecular weight excluding hydrogens is 322 g/mol. The van der Waals surface area contributed by atoms with Crippen LogP contribution in [0.5, 0.6) is 11.5 Å². The Morgan fingerprint density at radius 2 is 2.25 bits per heavy atom. The van der Waals surface area contributed by atoms with E-state index in [4.69, 9.17) is 15.2 Å². The van der Waals surface area contributed by atoms with Gasteiger partial charge in [-0.25, -0.2) is 0 Å². The Kier molecular flexibility index (Phi) is 3.56. The van der Waals surface area contributed by atoms with Crippen LogP contribution in [0.1, 0.15) is 11.6 Å². The van der Waals surface area contributed by atoms with Crippen LogP contribution < -0.4 is 15.2 Å². The highest BCUT2D eigenvalue weighted by molar-refractivity contribution is 9.10. The Labute approximate surface area is 126 Å². The van der Waals surface area contributed by atoms with Gasteiger partial charge >= 0.3 is 0 Å². The zero-order valence-corrected chi connectivity index (χ0v) is 12.6. The molecule has 0 amide bonds. The molecule has 2 aliphatic heterocycles. The molecule has 0 bridgehead atoms.